The van der Waals surface area contributed by atoms with Crippen LogP contribution < -0.4 is 11.1 Å². The molecule has 1 atom stereocenters. The molecule has 4 rings (SSSR count). The number of nitrogens with zero attached hydrogens (tertiary/aromatic N) is 5. The molecule has 3 aromatic rings. The van der Waals surface area contributed by atoms with Crippen LogP contribution in [0.2, 0.25) is 0 Å². The van der Waals surface area contributed by atoms with Gasteiger partial charge in [-0.1, -0.05) is 6.07 Å². The standard InChI is InChI=1S/C20H20N6O3/c1-13-7-8-18(28)26(24-13)12-19(29)25-10-4-6-16(25)20-22-15(11-17(27)23-20)14-5-2-3-9-21-14/h2-3,5,7-9,11,16H,4,6,10,12H2,1H3,(H,22,23,27)/t16-/m1/s1. The van der Waals surface area contributed by atoms with E-state index in [4.69, 9.17) is 0 Å². The van der Waals surface area contributed by atoms with Crippen LogP contribution in [0, 0.1) is 6.92 Å². The molecule has 0 radical (unpaired) electrons. The fourth-order valence-corrected chi connectivity index (χ4v) is 3.51. The van der Waals surface area contributed by atoms with Crippen LogP contribution >= 0.6 is 0 Å². The molecule has 0 aliphatic carbocycles. The molecule has 0 spiro atoms. The Kier molecular flexibility index (Phi) is 5.03. The van der Waals surface area contributed by atoms with Crippen LogP contribution in [0.3, 0.4) is 0 Å². The molecule has 1 amide bonds. The third-order valence-corrected chi connectivity index (χ3v) is 4.86. The predicted octanol–water partition coefficient (Wildman–Crippen LogP) is 1.06. The Morgan fingerprint density at radius 1 is 1.21 bits per heavy atom. The van der Waals surface area contributed by atoms with E-state index in [1.165, 1.54) is 12.1 Å². The lowest BCUT2D eigenvalue weighted by atomic mass is 10.2. The molecule has 1 aliphatic rings. The minimum Gasteiger partial charge on any atom is -0.331 e. The minimum atomic E-state index is -0.362. The van der Waals surface area contributed by atoms with Gasteiger partial charge in [0.1, 0.15) is 12.4 Å². The molecule has 4 heterocycles. The SMILES string of the molecule is Cc1ccc(=O)n(CC(=O)N2CCC[C@@H]2c2nc(-c3ccccn3)cc(=O)[nH]2)n1. The molecular formula is C20H20N6O3. The van der Waals surface area contributed by atoms with Crippen molar-refractivity contribution in [3.05, 3.63) is 74.8 Å². The number of nitrogens with one attached hydrogen (secondary N) is 1. The van der Waals surface area contributed by atoms with Gasteiger partial charge in [-0.15, -0.1) is 0 Å². The molecule has 1 aliphatic heterocycles. The second kappa shape index (κ2) is 7.78. The number of hydrogen-bond donors (Lipinski definition) is 1. The highest BCUT2D eigenvalue weighted by Gasteiger charge is 2.32. The highest BCUT2D eigenvalue weighted by Crippen LogP contribution is 2.30. The Hall–Kier alpha value is -3.62. The zero-order chi connectivity index (χ0) is 20.4. The van der Waals surface area contributed by atoms with Gasteiger partial charge in [-0.3, -0.25) is 19.4 Å². The van der Waals surface area contributed by atoms with Crippen LogP contribution in [0.15, 0.2) is 52.2 Å². The average molecular weight is 392 g/mol. The lowest BCUT2D eigenvalue weighted by molar-refractivity contribution is -0.133. The van der Waals surface area contributed by atoms with Gasteiger partial charge in [0, 0.05) is 24.9 Å². The van der Waals surface area contributed by atoms with E-state index in [9.17, 15) is 14.4 Å². The molecule has 0 saturated carbocycles. The Morgan fingerprint density at radius 2 is 2.07 bits per heavy atom. The van der Waals surface area contributed by atoms with E-state index in [0.717, 1.165) is 11.1 Å². The van der Waals surface area contributed by atoms with E-state index in [-0.39, 0.29) is 29.6 Å². The summed E-state index contributed by atoms with van der Waals surface area (Å²) in [7, 11) is 0. The van der Waals surface area contributed by atoms with Gasteiger partial charge in [0.05, 0.1) is 23.1 Å². The molecule has 0 bridgehead atoms. The fourth-order valence-electron chi connectivity index (χ4n) is 3.51. The summed E-state index contributed by atoms with van der Waals surface area (Å²) in [6, 6.07) is 9.42. The molecule has 3 aromatic heterocycles. The topological polar surface area (TPSA) is 114 Å². The van der Waals surface area contributed by atoms with Gasteiger partial charge in [0.15, 0.2) is 0 Å². The maximum Gasteiger partial charge on any atom is 0.267 e. The fraction of sp³-hybridized carbons (Fsp3) is 0.300. The first-order valence-corrected chi connectivity index (χ1v) is 9.38. The molecule has 1 N–H and O–H groups in total. The normalized spacial score (nSPS) is 16.2. The third kappa shape index (κ3) is 3.98. The molecule has 1 saturated heterocycles. The van der Waals surface area contributed by atoms with Crippen molar-refractivity contribution in [2.45, 2.75) is 32.4 Å². The average Bonchev–Trinajstić information content (AvgIpc) is 3.21. The largest absolute Gasteiger partial charge is 0.331 e. The van der Waals surface area contributed by atoms with Crippen molar-refractivity contribution in [3.8, 4) is 11.4 Å². The number of carbonyl (C=O) groups is 1. The Balaban J connectivity index is 1.62. The van der Waals surface area contributed by atoms with Crippen molar-refractivity contribution >= 4 is 5.91 Å². The number of aryl methyl sites for hydroxylation is 1. The van der Waals surface area contributed by atoms with Crippen molar-refractivity contribution in [3.63, 3.8) is 0 Å². The smallest absolute Gasteiger partial charge is 0.267 e. The lowest BCUT2D eigenvalue weighted by Gasteiger charge is -2.24. The van der Waals surface area contributed by atoms with E-state index in [1.54, 1.807) is 36.2 Å². The Labute approximate surface area is 166 Å². The van der Waals surface area contributed by atoms with E-state index in [2.05, 4.69) is 20.1 Å². The Morgan fingerprint density at radius 3 is 2.86 bits per heavy atom. The number of rotatable bonds is 4. The van der Waals surface area contributed by atoms with Crippen molar-refractivity contribution in [1.82, 2.24) is 29.6 Å². The monoisotopic (exact) mass is 392 g/mol. The second-order valence-electron chi connectivity index (χ2n) is 6.95. The van der Waals surface area contributed by atoms with Gasteiger partial charge < -0.3 is 9.88 Å². The summed E-state index contributed by atoms with van der Waals surface area (Å²) in [5.74, 6) is 0.187. The van der Waals surface area contributed by atoms with Gasteiger partial charge >= 0.3 is 0 Å². The van der Waals surface area contributed by atoms with Crippen LogP contribution in [0.25, 0.3) is 11.4 Å². The van der Waals surface area contributed by atoms with E-state index >= 15 is 0 Å². The van der Waals surface area contributed by atoms with Crippen LogP contribution in [0.1, 0.15) is 30.4 Å². The van der Waals surface area contributed by atoms with Crippen molar-refractivity contribution in [2.75, 3.05) is 6.54 Å². The number of likely N-dealkylation sites (tertiary alicyclic amines) is 1. The van der Waals surface area contributed by atoms with E-state index < -0.39 is 0 Å². The number of aromatic nitrogens is 5. The van der Waals surface area contributed by atoms with Crippen molar-refractivity contribution in [1.29, 1.82) is 0 Å². The highest BCUT2D eigenvalue weighted by atomic mass is 16.2. The van der Waals surface area contributed by atoms with E-state index in [1.807, 2.05) is 6.07 Å². The summed E-state index contributed by atoms with van der Waals surface area (Å²) in [6.07, 6.45) is 3.09. The van der Waals surface area contributed by atoms with Gasteiger partial charge in [-0.2, -0.15) is 5.10 Å². The van der Waals surface area contributed by atoms with Crippen molar-refractivity contribution < 1.29 is 4.79 Å². The molecule has 9 heteroatoms. The molecule has 0 unspecified atom stereocenters. The van der Waals surface area contributed by atoms with Gasteiger partial charge in [0.25, 0.3) is 11.1 Å². The summed E-state index contributed by atoms with van der Waals surface area (Å²) in [4.78, 5) is 50.3. The number of H-pyrrole nitrogens is 1. The summed E-state index contributed by atoms with van der Waals surface area (Å²) in [6.45, 7) is 2.14. The Bertz CT molecular complexity index is 1150. The van der Waals surface area contributed by atoms with Gasteiger partial charge in [-0.05, 0) is 38.0 Å². The summed E-state index contributed by atoms with van der Waals surface area (Å²) in [5.41, 5.74) is 1.07. The highest BCUT2D eigenvalue weighted by molar-refractivity contribution is 5.76. The number of aromatic amines is 1. The number of amides is 1. The minimum absolute atomic E-state index is 0.152. The number of pyridine rings is 1. The van der Waals surface area contributed by atoms with Gasteiger partial charge in [0.2, 0.25) is 5.91 Å². The molecule has 0 aromatic carbocycles. The lowest BCUT2D eigenvalue weighted by Crippen LogP contribution is -2.38. The van der Waals surface area contributed by atoms with Crippen molar-refractivity contribution in [2.24, 2.45) is 0 Å². The zero-order valence-corrected chi connectivity index (χ0v) is 15.9. The van der Waals surface area contributed by atoms with Crippen LogP contribution in [0.5, 0.6) is 0 Å². The molecule has 1 fully saturated rings. The zero-order valence-electron chi connectivity index (χ0n) is 15.9. The number of carbonyl (C=O) groups excluding carboxylic acids is 1. The van der Waals surface area contributed by atoms with Crippen LogP contribution in [-0.2, 0) is 11.3 Å². The van der Waals surface area contributed by atoms with Gasteiger partial charge in [-0.25, -0.2) is 9.67 Å². The maximum atomic E-state index is 12.9. The second-order valence-corrected chi connectivity index (χ2v) is 6.95. The quantitative estimate of drug-likeness (QED) is 0.710. The first-order valence-electron chi connectivity index (χ1n) is 9.38. The predicted molar refractivity (Wildman–Crippen MR) is 105 cm³/mol. The summed E-state index contributed by atoms with van der Waals surface area (Å²) < 4.78 is 1.16. The summed E-state index contributed by atoms with van der Waals surface area (Å²) >= 11 is 0. The maximum absolute atomic E-state index is 12.9. The third-order valence-electron chi connectivity index (χ3n) is 4.86. The molecule has 148 valence electrons. The van der Waals surface area contributed by atoms with Crippen LogP contribution in [-0.4, -0.2) is 42.1 Å². The molecular weight excluding hydrogens is 372 g/mol. The molecule has 9 nitrogen and oxygen atoms in total. The van der Waals surface area contributed by atoms with E-state index in [0.29, 0.717) is 35.9 Å². The first kappa shape index (κ1) is 18.7. The summed E-state index contributed by atoms with van der Waals surface area (Å²) in [5, 5.41) is 4.12. The first-order chi connectivity index (χ1) is 14.0. The molecule has 29 heavy (non-hydrogen) atoms. The number of hydrogen-bond acceptors (Lipinski definition) is 6. The van der Waals surface area contributed by atoms with Crippen LogP contribution in [0.4, 0.5) is 0 Å².